The van der Waals surface area contributed by atoms with Crippen molar-refractivity contribution in [1.29, 1.82) is 0 Å². The quantitative estimate of drug-likeness (QED) is 0.125. The molecule has 1 aliphatic carbocycles. The van der Waals surface area contributed by atoms with Gasteiger partial charge in [0.15, 0.2) is 23.0 Å². The fraction of sp³-hybridized carbons (Fsp3) is 0.467. The maximum Gasteiger partial charge on any atom is 0.335 e. The topological polar surface area (TPSA) is 218 Å². The number of hydrogen-bond acceptors (Lipinski definition) is 13. The zero-order chi connectivity index (χ0) is 31.6. The first-order chi connectivity index (χ1) is 21.0. The van der Waals surface area contributed by atoms with Crippen LogP contribution in [0.2, 0.25) is 0 Å². The van der Waals surface area contributed by atoms with E-state index in [0.29, 0.717) is 37.3 Å². The summed E-state index contributed by atoms with van der Waals surface area (Å²) in [5, 5.41) is 65.4. The number of phenolic OH excluding ortho intramolecular Hbond substituents is 1. The molecule has 0 amide bonds. The molecule has 1 saturated carbocycles. The molecule has 5 rings (SSSR count). The number of carbonyl (C=O) groups is 1. The Bertz CT molecular complexity index is 1530. The van der Waals surface area contributed by atoms with Gasteiger partial charge in [0.2, 0.25) is 17.8 Å². The Balaban J connectivity index is 1.56. The van der Waals surface area contributed by atoms with Crippen LogP contribution in [0, 0.1) is 0 Å². The van der Waals surface area contributed by atoms with Crippen LogP contribution in [0.3, 0.4) is 0 Å². The molecule has 3 aromatic rings. The number of ether oxygens (including phenoxy) is 4. The van der Waals surface area contributed by atoms with Gasteiger partial charge in [-0.15, -0.1) is 0 Å². The molecule has 1 saturated heterocycles. The fourth-order valence-corrected chi connectivity index (χ4v) is 5.25. The minimum Gasteiger partial charge on any atom is -0.504 e. The van der Waals surface area contributed by atoms with Gasteiger partial charge in [-0.25, -0.2) is 4.79 Å². The van der Waals surface area contributed by atoms with E-state index in [1.807, 2.05) is 0 Å². The van der Waals surface area contributed by atoms with Crippen molar-refractivity contribution < 1.29 is 58.8 Å². The number of fused-ring (bicyclic) bond motifs is 1. The zero-order valence-electron chi connectivity index (χ0n) is 23.8. The van der Waals surface area contributed by atoms with Crippen molar-refractivity contribution in [1.82, 2.24) is 5.32 Å². The van der Waals surface area contributed by atoms with Gasteiger partial charge < -0.3 is 59.3 Å². The number of aliphatic carboxylic acids is 1. The van der Waals surface area contributed by atoms with Gasteiger partial charge in [-0.2, -0.15) is 0 Å². The summed E-state index contributed by atoms with van der Waals surface area (Å²) in [6, 6.07) is 9.10. The summed E-state index contributed by atoms with van der Waals surface area (Å²) in [5.41, 5.74) is -0.298. The summed E-state index contributed by atoms with van der Waals surface area (Å²) in [4.78, 5) is 24.9. The first-order valence-corrected chi connectivity index (χ1v) is 14.2. The van der Waals surface area contributed by atoms with Crippen molar-refractivity contribution in [3.05, 3.63) is 46.6 Å². The number of phenols is 1. The number of nitrogens with one attached hydrogen (secondary N) is 1. The van der Waals surface area contributed by atoms with Crippen LogP contribution in [0.15, 0.2) is 45.6 Å². The van der Waals surface area contributed by atoms with E-state index in [1.54, 1.807) is 31.3 Å². The number of aromatic hydroxyl groups is 1. The van der Waals surface area contributed by atoms with Gasteiger partial charge in [-0.3, -0.25) is 4.79 Å². The molecular formula is C30H35NO13. The minimum atomic E-state index is -1.97. The van der Waals surface area contributed by atoms with E-state index in [9.17, 15) is 40.2 Å². The highest BCUT2D eigenvalue weighted by molar-refractivity contribution is 5.89. The maximum absolute atomic E-state index is 13.3. The van der Waals surface area contributed by atoms with Crippen molar-refractivity contribution in [2.75, 3.05) is 20.2 Å². The lowest BCUT2D eigenvalue weighted by Gasteiger charge is -2.39. The van der Waals surface area contributed by atoms with Gasteiger partial charge in [-0.05, 0) is 44.2 Å². The summed E-state index contributed by atoms with van der Waals surface area (Å²) >= 11 is 0. The number of carboxylic acids is 1. The Morgan fingerprint density at radius 2 is 1.75 bits per heavy atom. The third-order valence-corrected chi connectivity index (χ3v) is 7.66. The molecule has 0 unspecified atom stereocenters. The number of hydrogen-bond donors (Lipinski definition) is 7. The SMILES string of the molecule is CNCCOc1ccc(-c2cc(=O)c3c(O)c(OC4(O)CCCCC4)c(O[C@H]4O[C@H](C(=O)O)[C@@H](O)[C@@H](O)[C@H]4O)cc3o2)cc1. The van der Waals surface area contributed by atoms with Gasteiger partial charge >= 0.3 is 5.97 Å². The van der Waals surface area contributed by atoms with Crippen LogP contribution >= 0.6 is 0 Å². The van der Waals surface area contributed by atoms with Crippen molar-refractivity contribution in [2.24, 2.45) is 0 Å². The van der Waals surface area contributed by atoms with Gasteiger partial charge in [0, 0.05) is 37.1 Å². The monoisotopic (exact) mass is 617 g/mol. The number of likely N-dealkylation sites (N-methyl/N-ethyl adjacent to an activating group) is 1. The second-order valence-corrected chi connectivity index (χ2v) is 10.8. The van der Waals surface area contributed by atoms with E-state index in [-0.39, 0.29) is 35.3 Å². The fourth-order valence-electron chi connectivity index (χ4n) is 5.25. The third-order valence-electron chi connectivity index (χ3n) is 7.66. The molecule has 0 radical (unpaired) electrons. The van der Waals surface area contributed by atoms with Crippen molar-refractivity contribution >= 4 is 16.9 Å². The van der Waals surface area contributed by atoms with E-state index in [0.717, 1.165) is 6.42 Å². The molecule has 5 atom stereocenters. The standard InChI is InChI=1S/C30H35NO13/c1-31-11-12-40-16-7-5-15(6-8-16)18-13-17(32)21-19(41-18)14-20(26(22(21)33)44-30(39)9-3-2-4-10-30)42-29-25(36)23(34)24(35)27(43-29)28(37)38/h5-8,13-14,23-25,27,29,31,33-36,39H,2-4,9-12H2,1H3,(H,37,38)/t23-,24+,25-,27+,29+/m1/s1. The highest BCUT2D eigenvalue weighted by Gasteiger charge is 2.48. The van der Waals surface area contributed by atoms with E-state index in [4.69, 9.17) is 23.4 Å². The Hall–Kier alpha value is -3.92. The summed E-state index contributed by atoms with van der Waals surface area (Å²) in [5.74, 6) is -4.23. The van der Waals surface area contributed by atoms with Crippen LogP contribution in [0.5, 0.6) is 23.0 Å². The van der Waals surface area contributed by atoms with E-state index in [2.05, 4.69) is 5.32 Å². The molecular weight excluding hydrogens is 582 g/mol. The van der Waals surface area contributed by atoms with Crippen LogP contribution < -0.4 is 25.0 Å². The average molecular weight is 618 g/mol. The van der Waals surface area contributed by atoms with E-state index < -0.39 is 59.4 Å². The largest absolute Gasteiger partial charge is 0.504 e. The molecule has 2 aromatic carbocycles. The molecule has 1 aliphatic heterocycles. The Morgan fingerprint density at radius 3 is 2.41 bits per heavy atom. The molecule has 7 N–H and O–H groups in total. The maximum atomic E-state index is 13.3. The van der Waals surface area contributed by atoms with Crippen molar-refractivity contribution in [3.8, 4) is 34.3 Å². The molecule has 2 heterocycles. The second-order valence-electron chi connectivity index (χ2n) is 10.8. The van der Waals surface area contributed by atoms with E-state index >= 15 is 0 Å². The number of rotatable bonds is 10. The van der Waals surface area contributed by atoms with Gasteiger partial charge in [0.1, 0.15) is 47.4 Å². The minimum absolute atomic E-state index is 0.132. The van der Waals surface area contributed by atoms with Gasteiger partial charge in [-0.1, -0.05) is 6.42 Å². The van der Waals surface area contributed by atoms with Gasteiger partial charge in [0.05, 0.1) is 0 Å². The number of aliphatic hydroxyl groups is 4. The molecule has 44 heavy (non-hydrogen) atoms. The van der Waals surface area contributed by atoms with Crippen LogP contribution in [0.1, 0.15) is 32.1 Å². The molecule has 2 fully saturated rings. The normalized spacial score (nSPS) is 25.0. The summed E-state index contributed by atoms with van der Waals surface area (Å²) < 4.78 is 28.4. The van der Waals surface area contributed by atoms with Crippen LogP contribution in [0.4, 0.5) is 0 Å². The van der Waals surface area contributed by atoms with Crippen molar-refractivity contribution in [3.63, 3.8) is 0 Å². The second kappa shape index (κ2) is 13.0. The molecule has 0 spiro atoms. The molecule has 1 aromatic heterocycles. The molecule has 2 aliphatic rings. The van der Waals surface area contributed by atoms with Crippen molar-refractivity contribution in [2.45, 2.75) is 68.6 Å². The average Bonchev–Trinajstić information content (AvgIpc) is 2.99. The third kappa shape index (κ3) is 6.45. The molecule has 0 bridgehead atoms. The van der Waals surface area contributed by atoms with Crippen LogP contribution in [0.25, 0.3) is 22.3 Å². The number of aliphatic hydroxyl groups excluding tert-OH is 3. The van der Waals surface area contributed by atoms with E-state index in [1.165, 1.54) is 12.1 Å². The Labute approximate surface area is 251 Å². The lowest BCUT2D eigenvalue weighted by molar-refractivity contribution is -0.271. The smallest absolute Gasteiger partial charge is 0.335 e. The zero-order valence-corrected chi connectivity index (χ0v) is 23.8. The van der Waals surface area contributed by atoms with Crippen LogP contribution in [-0.4, -0.2) is 93.3 Å². The predicted octanol–water partition coefficient (Wildman–Crippen LogP) is 1.07. The lowest BCUT2D eigenvalue weighted by Crippen LogP contribution is -2.61. The van der Waals surface area contributed by atoms with Gasteiger partial charge in [0.25, 0.3) is 0 Å². The summed E-state index contributed by atoms with van der Waals surface area (Å²) in [6.45, 7) is 1.10. The summed E-state index contributed by atoms with van der Waals surface area (Å²) in [6.07, 6.45) is -7.18. The number of benzene rings is 2. The highest BCUT2D eigenvalue weighted by Crippen LogP contribution is 2.46. The summed E-state index contributed by atoms with van der Waals surface area (Å²) in [7, 11) is 1.81. The predicted molar refractivity (Wildman–Crippen MR) is 153 cm³/mol. The Kier molecular flexibility index (Phi) is 9.29. The Morgan fingerprint density at radius 1 is 1.05 bits per heavy atom. The first-order valence-electron chi connectivity index (χ1n) is 14.2. The highest BCUT2D eigenvalue weighted by atomic mass is 16.7. The molecule has 238 valence electrons. The number of carboxylic acid groups (broad SMARTS) is 1. The lowest BCUT2D eigenvalue weighted by atomic mass is 9.94. The molecule has 14 heteroatoms. The first kappa shape index (κ1) is 31.5. The van der Waals surface area contributed by atoms with Crippen LogP contribution in [-0.2, 0) is 9.53 Å². The molecule has 14 nitrogen and oxygen atoms in total.